The van der Waals surface area contributed by atoms with E-state index < -0.39 is 11.3 Å². The van der Waals surface area contributed by atoms with Crippen LogP contribution in [0.1, 0.15) is 10.4 Å². The highest BCUT2D eigenvalue weighted by Gasteiger charge is 2.19. The van der Waals surface area contributed by atoms with Crippen molar-refractivity contribution < 1.29 is 9.21 Å². The molecule has 5 nitrogen and oxygen atoms in total. The van der Waals surface area contributed by atoms with Crippen molar-refractivity contribution in [3.05, 3.63) is 76.6 Å². The molecule has 0 saturated heterocycles. The molecule has 2 N–H and O–H groups in total. The van der Waals surface area contributed by atoms with Crippen molar-refractivity contribution in [1.29, 1.82) is 0 Å². The van der Waals surface area contributed by atoms with Crippen LogP contribution in [-0.2, 0) is 0 Å². The molecule has 2 aromatic carbocycles. The number of rotatable bonds is 2. The molecule has 0 unspecified atom stereocenters. The van der Waals surface area contributed by atoms with Gasteiger partial charge >= 0.3 is 0 Å². The van der Waals surface area contributed by atoms with Gasteiger partial charge in [0, 0.05) is 0 Å². The fraction of sp³-hybridized carbons (Fsp3) is 0. The van der Waals surface area contributed by atoms with Crippen molar-refractivity contribution in [2.24, 2.45) is 5.84 Å². The van der Waals surface area contributed by atoms with Gasteiger partial charge in [0.15, 0.2) is 0 Å². The number of para-hydroxylation sites is 2. The molecule has 0 aliphatic carbocycles. The molecule has 3 aromatic rings. The molecule has 0 saturated carbocycles. The Morgan fingerprint density at radius 2 is 1.67 bits per heavy atom. The first-order valence-corrected chi connectivity index (χ1v) is 6.33. The summed E-state index contributed by atoms with van der Waals surface area (Å²) in [6.07, 6.45) is 1.15. The average molecular weight is 280 g/mol. The topological polar surface area (TPSA) is 76.5 Å². The lowest BCUT2D eigenvalue weighted by atomic mass is 10.1. The Hall–Kier alpha value is -2.92. The van der Waals surface area contributed by atoms with Crippen LogP contribution >= 0.6 is 0 Å². The summed E-state index contributed by atoms with van der Waals surface area (Å²) in [6, 6.07) is 15.4. The normalized spacial score (nSPS) is 10.5. The molecule has 104 valence electrons. The fourth-order valence-corrected chi connectivity index (χ4v) is 2.06. The number of hydrogen-bond acceptors (Lipinski definition) is 4. The van der Waals surface area contributed by atoms with Crippen LogP contribution in [0.3, 0.4) is 0 Å². The summed E-state index contributed by atoms with van der Waals surface area (Å²) in [7, 11) is 0. The van der Waals surface area contributed by atoms with Gasteiger partial charge in [0.1, 0.15) is 17.4 Å². The lowest BCUT2D eigenvalue weighted by Crippen LogP contribution is -2.39. The van der Waals surface area contributed by atoms with Crippen LogP contribution in [0.15, 0.2) is 70.1 Å². The second-order valence-electron chi connectivity index (χ2n) is 4.49. The van der Waals surface area contributed by atoms with Crippen molar-refractivity contribution in [2.75, 3.05) is 5.01 Å². The lowest BCUT2D eigenvalue weighted by Gasteiger charge is -2.15. The number of carbonyl (C=O) groups is 1. The lowest BCUT2D eigenvalue weighted by molar-refractivity contribution is 0.0984. The minimum Gasteiger partial charge on any atom is -0.463 e. The number of anilines is 1. The first-order chi connectivity index (χ1) is 10.2. The summed E-state index contributed by atoms with van der Waals surface area (Å²) < 4.78 is 5.33. The first-order valence-electron chi connectivity index (χ1n) is 6.33. The van der Waals surface area contributed by atoms with Crippen molar-refractivity contribution in [3.8, 4) is 0 Å². The van der Waals surface area contributed by atoms with Crippen LogP contribution in [0.4, 0.5) is 5.69 Å². The monoisotopic (exact) mass is 280 g/mol. The van der Waals surface area contributed by atoms with Crippen molar-refractivity contribution in [2.45, 2.75) is 0 Å². The second kappa shape index (κ2) is 5.22. The van der Waals surface area contributed by atoms with Crippen LogP contribution in [-0.4, -0.2) is 5.91 Å². The Labute approximate surface area is 120 Å². The van der Waals surface area contributed by atoms with Gasteiger partial charge in [-0.1, -0.05) is 30.3 Å². The number of benzene rings is 2. The van der Waals surface area contributed by atoms with E-state index in [0.29, 0.717) is 16.7 Å². The van der Waals surface area contributed by atoms with Gasteiger partial charge in [0.2, 0.25) is 5.43 Å². The number of amides is 1. The quantitative estimate of drug-likeness (QED) is 0.444. The molecule has 21 heavy (non-hydrogen) atoms. The molecule has 1 heterocycles. The highest BCUT2D eigenvalue weighted by Crippen LogP contribution is 2.14. The maximum atomic E-state index is 12.4. The van der Waals surface area contributed by atoms with E-state index >= 15 is 0 Å². The molecule has 1 aromatic heterocycles. The minimum absolute atomic E-state index is 0.0972. The molecule has 0 spiro atoms. The van der Waals surface area contributed by atoms with Gasteiger partial charge in [-0.15, -0.1) is 0 Å². The molecule has 5 heteroatoms. The summed E-state index contributed by atoms with van der Waals surface area (Å²) >= 11 is 0. The van der Waals surface area contributed by atoms with Crippen LogP contribution in [0.25, 0.3) is 11.0 Å². The van der Waals surface area contributed by atoms with Crippen molar-refractivity contribution in [1.82, 2.24) is 0 Å². The standard InChI is InChI=1S/C16H12N2O3/c17-18(11-6-2-1-3-7-11)16(20)13-10-21-14-9-5-4-8-12(14)15(13)19/h1-10H,17H2. The molecule has 0 bridgehead atoms. The van der Waals surface area contributed by atoms with Crippen LogP contribution in [0.5, 0.6) is 0 Å². The number of hydrogen-bond donors (Lipinski definition) is 1. The fourth-order valence-electron chi connectivity index (χ4n) is 2.06. The van der Waals surface area contributed by atoms with Crippen molar-refractivity contribution >= 4 is 22.6 Å². The Bertz CT molecular complexity index is 856. The second-order valence-corrected chi connectivity index (χ2v) is 4.49. The van der Waals surface area contributed by atoms with E-state index in [1.807, 2.05) is 6.07 Å². The van der Waals surface area contributed by atoms with Gasteiger partial charge in [0.05, 0.1) is 11.1 Å². The van der Waals surface area contributed by atoms with Gasteiger partial charge in [0.25, 0.3) is 5.91 Å². The van der Waals surface area contributed by atoms with Gasteiger partial charge in [-0.25, -0.2) is 10.9 Å². The Balaban J connectivity index is 2.06. The number of hydrazine groups is 1. The molecular formula is C16H12N2O3. The maximum absolute atomic E-state index is 12.4. The van der Waals surface area contributed by atoms with E-state index in [1.165, 1.54) is 0 Å². The zero-order chi connectivity index (χ0) is 14.8. The average Bonchev–Trinajstić information content (AvgIpc) is 2.55. The minimum atomic E-state index is -0.610. The molecule has 0 radical (unpaired) electrons. The van der Waals surface area contributed by atoms with E-state index in [2.05, 4.69) is 0 Å². The SMILES string of the molecule is NN(C(=O)c1coc2ccccc2c1=O)c1ccccc1. The third-order valence-electron chi connectivity index (χ3n) is 3.16. The number of nitrogens with zero attached hydrogens (tertiary/aromatic N) is 1. The van der Waals surface area contributed by atoms with E-state index in [9.17, 15) is 9.59 Å². The summed E-state index contributed by atoms with van der Waals surface area (Å²) in [5.74, 6) is 5.18. The van der Waals surface area contributed by atoms with Crippen LogP contribution in [0, 0.1) is 0 Å². The summed E-state index contributed by atoms with van der Waals surface area (Å²) in [4.78, 5) is 24.7. The molecule has 3 rings (SSSR count). The molecular weight excluding hydrogens is 268 g/mol. The van der Waals surface area contributed by atoms with E-state index in [4.69, 9.17) is 10.3 Å². The third kappa shape index (κ3) is 2.30. The smallest absolute Gasteiger partial charge is 0.279 e. The Kier molecular flexibility index (Phi) is 3.25. The maximum Gasteiger partial charge on any atom is 0.279 e. The molecule has 1 amide bonds. The van der Waals surface area contributed by atoms with E-state index in [-0.39, 0.29) is 5.56 Å². The summed E-state index contributed by atoms with van der Waals surface area (Å²) in [6.45, 7) is 0. The Morgan fingerprint density at radius 1 is 1.00 bits per heavy atom. The highest BCUT2D eigenvalue weighted by molar-refractivity contribution is 6.06. The van der Waals surface area contributed by atoms with Gasteiger partial charge in [-0.05, 0) is 24.3 Å². The largest absolute Gasteiger partial charge is 0.463 e. The highest BCUT2D eigenvalue weighted by atomic mass is 16.3. The van der Waals surface area contributed by atoms with E-state index in [0.717, 1.165) is 11.3 Å². The summed E-state index contributed by atoms with van der Waals surface area (Å²) in [5, 5.41) is 1.28. The Morgan fingerprint density at radius 3 is 2.43 bits per heavy atom. The van der Waals surface area contributed by atoms with Crippen LogP contribution in [0.2, 0.25) is 0 Å². The van der Waals surface area contributed by atoms with Gasteiger partial charge < -0.3 is 4.42 Å². The first kappa shape index (κ1) is 13.1. The zero-order valence-corrected chi connectivity index (χ0v) is 11.0. The molecule has 0 atom stereocenters. The molecule has 0 aliphatic rings. The summed E-state index contributed by atoms with van der Waals surface area (Å²) in [5.41, 5.74) is 0.436. The molecule has 0 aliphatic heterocycles. The molecule has 0 fully saturated rings. The number of fused-ring (bicyclic) bond motifs is 1. The van der Waals surface area contributed by atoms with E-state index in [1.54, 1.807) is 48.5 Å². The number of nitrogens with two attached hydrogens (primary N) is 1. The third-order valence-corrected chi connectivity index (χ3v) is 3.16. The zero-order valence-electron chi connectivity index (χ0n) is 11.0. The van der Waals surface area contributed by atoms with Gasteiger partial charge in [-0.2, -0.15) is 0 Å². The predicted octanol–water partition coefficient (Wildman–Crippen LogP) is 2.31. The van der Waals surface area contributed by atoms with Crippen LogP contribution < -0.4 is 16.3 Å². The van der Waals surface area contributed by atoms with Gasteiger partial charge in [-0.3, -0.25) is 9.59 Å². The van der Waals surface area contributed by atoms with Crippen molar-refractivity contribution in [3.63, 3.8) is 0 Å². The predicted molar refractivity (Wildman–Crippen MR) is 79.9 cm³/mol. The number of carbonyl (C=O) groups excluding carboxylic acids is 1.